The van der Waals surface area contributed by atoms with E-state index in [0.717, 1.165) is 38.7 Å². The molecule has 3 heterocycles. The zero-order valence-corrected chi connectivity index (χ0v) is 11.7. The van der Waals surface area contributed by atoms with Gasteiger partial charge in [0, 0.05) is 51.5 Å². The van der Waals surface area contributed by atoms with Crippen molar-refractivity contribution in [2.45, 2.75) is 18.6 Å². The van der Waals surface area contributed by atoms with E-state index in [1.807, 2.05) is 0 Å². The van der Waals surface area contributed by atoms with Crippen LogP contribution in [0.15, 0.2) is 18.3 Å². The summed E-state index contributed by atoms with van der Waals surface area (Å²) in [6.07, 6.45) is -2.02. The van der Waals surface area contributed by atoms with Gasteiger partial charge in [0.15, 0.2) is 0 Å². The summed E-state index contributed by atoms with van der Waals surface area (Å²) in [6.45, 7) is 5.09. The van der Waals surface area contributed by atoms with Crippen LogP contribution in [0.2, 0.25) is 0 Å². The molecule has 1 aromatic heterocycles. The number of aromatic nitrogens is 1. The van der Waals surface area contributed by atoms with Crippen molar-refractivity contribution in [1.29, 1.82) is 0 Å². The number of nitrogens with one attached hydrogen (secondary N) is 1. The Kier molecular flexibility index (Phi) is 4.03. The minimum absolute atomic E-state index is 0.0719. The number of rotatable bonds is 2. The average molecular weight is 300 g/mol. The second-order valence-electron chi connectivity index (χ2n) is 5.55. The molecule has 21 heavy (non-hydrogen) atoms. The third-order valence-corrected chi connectivity index (χ3v) is 4.22. The fraction of sp³-hybridized carbons (Fsp3) is 0.643. The summed E-state index contributed by atoms with van der Waals surface area (Å²) in [5, 5.41) is 3.29. The number of nitrogens with zero attached hydrogens (tertiary/aromatic N) is 3. The molecule has 0 saturated carbocycles. The van der Waals surface area contributed by atoms with Gasteiger partial charge in [-0.05, 0) is 18.6 Å². The van der Waals surface area contributed by atoms with Crippen molar-refractivity contribution in [1.82, 2.24) is 15.2 Å². The number of hydrogen-bond donors (Lipinski definition) is 1. The largest absolute Gasteiger partial charge is 0.419 e. The molecule has 2 fully saturated rings. The van der Waals surface area contributed by atoms with Gasteiger partial charge in [-0.25, -0.2) is 4.98 Å². The molecule has 0 radical (unpaired) electrons. The van der Waals surface area contributed by atoms with Crippen LogP contribution in [0.1, 0.15) is 12.0 Å². The van der Waals surface area contributed by atoms with Crippen LogP contribution in [0.25, 0.3) is 0 Å². The highest BCUT2D eigenvalue weighted by Crippen LogP contribution is 2.36. The number of piperazine rings is 1. The van der Waals surface area contributed by atoms with E-state index in [2.05, 4.69) is 15.2 Å². The van der Waals surface area contributed by atoms with Gasteiger partial charge in [0.2, 0.25) is 0 Å². The number of alkyl halides is 3. The normalized spacial score (nSPS) is 24.5. The summed E-state index contributed by atoms with van der Waals surface area (Å²) in [7, 11) is 0. The maximum absolute atomic E-state index is 13.1. The Labute approximate surface area is 121 Å². The van der Waals surface area contributed by atoms with Gasteiger partial charge in [0.1, 0.15) is 5.82 Å². The van der Waals surface area contributed by atoms with Crippen LogP contribution >= 0.6 is 0 Å². The minimum atomic E-state index is -4.35. The van der Waals surface area contributed by atoms with Crippen LogP contribution in [0.3, 0.4) is 0 Å². The van der Waals surface area contributed by atoms with Crippen LogP contribution in [0, 0.1) is 0 Å². The second kappa shape index (κ2) is 5.81. The summed E-state index contributed by atoms with van der Waals surface area (Å²) in [6, 6.07) is 2.78. The monoisotopic (exact) mass is 300 g/mol. The SMILES string of the molecule is FC(F)(F)c1cccnc1N1CCC(N2CCNCC2)C1. The van der Waals surface area contributed by atoms with E-state index in [9.17, 15) is 13.2 Å². The molecule has 0 amide bonds. The Morgan fingerprint density at radius 2 is 1.95 bits per heavy atom. The summed E-state index contributed by atoms with van der Waals surface area (Å²) in [5.74, 6) is 0.0719. The van der Waals surface area contributed by atoms with Gasteiger partial charge in [0.25, 0.3) is 0 Å². The third-order valence-electron chi connectivity index (χ3n) is 4.22. The fourth-order valence-corrected chi connectivity index (χ4v) is 3.15. The molecule has 2 aliphatic heterocycles. The summed E-state index contributed by atoms with van der Waals surface area (Å²) in [4.78, 5) is 8.12. The molecule has 4 nitrogen and oxygen atoms in total. The molecule has 0 bridgehead atoms. The topological polar surface area (TPSA) is 31.4 Å². The standard InChI is InChI=1S/C14H19F3N4/c15-14(16,17)12-2-1-4-19-13(12)21-7-3-11(10-21)20-8-5-18-6-9-20/h1-2,4,11,18H,3,5-10H2. The van der Waals surface area contributed by atoms with Crippen molar-refractivity contribution < 1.29 is 13.2 Å². The second-order valence-corrected chi connectivity index (χ2v) is 5.55. The molecule has 1 aromatic rings. The van der Waals surface area contributed by atoms with E-state index in [4.69, 9.17) is 0 Å². The fourth-order valence-electron chi connectivity index (χ4n) is 3.15. The summed E-state index contributed by atoms with van der Waals surface area (Å²) >= 11 is 0. The van der Waals surface area contributed by atoms with Crippen molar-refractivity contribution in [3.63, 3.8) is 0 Å². The lowest BCUT2D eigenvalue weighted by molar-refractivity contribution is -0.137. The van der Waals surface area contributed by atoms with Crippen molar-refractivity contribution >= 4 is 5.82 Å². The van der Waals surface area contributed by atoms with Gasteiger partial charge < -0.3 is 10.2 Å². The van der Waals surface area contributed by atoms with E-state index >= 15 is 0 Å². The van der Waals surface area contributed by atoms with Gasteiger partial charge in [-0.1, -0.05) is 0 Å². The van der Waals surface area contributed by atoms with Crippen LogP contribution < -0.4 is 10.2 Å². The first-order valence-corrected chi connectivity index (χ1v) is 7.27. The van der Waals surface area contributed by atoms with Crippen LogP contribution in [-0.2, 0) is 6.18 Å². The highest BCUT2D eigenvalue weighted by atomic mass is 19.4. The zero-order chi connectivity index (χ0) is 14.9. The highest BCUT2D eigenvalue weighted by molar-refractivity contribution is 5.49. The number of hydrogen-bond acceptors (Lipinski definition) is 4. The Morgan fingerprint density at radius 3 is 2.67 bits per heavy atom. The molecule has 116 valence electrons. The summed E-state index contributed by atoms with van der Waals surface area (Å²) < 4.78 is 39.2. The molecule has 1 N–H and O–H groups in total. The van der Waals surface area contributed by atoms with Gasteiger partial charge >= 0.3 is 6.18 Å². The van der Waals surface area contributed by atoms with E-state index in [1.54, 1.807) is 4.90 Å². The minimum Gasteiger partial charge on any atom is -0.354 e. The van der Waals surface area contributed by atoms with Crippen molar-refractivity contribution in [3.05, 3.63) is 23.9 Å². The van der Waals surface area contributed by atoms with Crippen molar-refractivity contribution in [3.8, 4) is 0 Å². The molecule has 3 rings (SSSR count). The van der Waals surface area contributed by atoms with Crippen LogP contribution in [-0.4, -0.2) is 55.2 Å². The van der Waals surface area contributed by atoms with Gasteiger partial charge in [-0.15, -0.1) is 0 Å². The molecule has 2 aliphatic rings. The lowest BCUT2D eigenvalue weighted by atomic mass is 10.2. The number of anilines is 1. The van der Waals surface area contributed by atoms with Gasteiger partial charge in [-0.3, -0.25) is 4.90 Å². The maximum Gasteiger partial charge on any atom is 0.419 e. The lowest BCUT2D eigenvalue weighted by Gasteiger charge is -2.32. The Bertz CT molecular complexity index is 485. The number of pyridine rings is 1. The molecule has 7 heteroatoms. The Balaban J connectivity index is 1.74. The highest BCUT2D eigenvalue weighted by Gasteiger charge is 2.38. The van der Waals surface area contributed by atoms with E-state index in [-0.39, 0.29) is 5.82 Å². The van der Waals surface area contributed by atoms with Crippen molar-refractivity contribution in [2.24, 2.45) is 0 Å². The zero-order valence-electron chi connectivity index (χ0n) is 11.7. The van der Waals surface area contributed by atoms with Crippen LogP contribution in [0.4, 0.5) is 19.0 Å². The predicted octanol–water partition coefficient (Wildman–Crippen LogP) is 1.58. The van der Waals surface area contributed by atoms with E-state index < -0.39 is 11.7 Å². The molecular formula is C14H19F3N4. The average Bonchev–Trinajstić information content (AvgIpc) is 2.97. The lowest BCUT2D eigenvalue weighted by Crippen LogP contribution is -2.49. The van der Waals surface area contributed by atoms with E-state index in [0.29, 0.717) is 19.1 Å². The predicted molar refractivity (Wildman–Crippen MR) is 74.3 cm³/mol. The van der Waals surface area contributed by atoms with Gasteiger partial charge in [-0.2, -0.15) is 13.2 Å². The molecule has 0 spiro atoms. The first-order chi connectivity index (χ1) is 10.1. The number of halogens is 3. The molecule has 2 saturated heterocycles. The molecule has 0 aliphatic carbocycles. The Morgan fingerprint density at radius 1 is 1.19 bits per heavy atom. The van der Waals surface area contributed by atoms with Crippen molar-refractivity contribution in [2.75, 3.05) is 44.2 Å². The third kappa shape index (κ3) is 3.13. The molecule has 1 atom stereocenters. The maximum atomic E-state index is 13.1. The molecular weight excluding hydrogens is 281 g/mol. The summed E-state index contributed by atoms with van der Waals surface area (Å²) in [5.41, 5.74) is -0.633. The van der Waals surface area contributed by atoms with Crippen LogP contribution in [0.5, 0.6) is 0 Å². The smallest absolute Gasteiger partial charge is 0.354 e. The quantitative estimate of drug-likeness (QED) is 0.899. The van der Waals surface area contributed by atoms with E-state index in [1.165, 1.54) is 12.3 Å². The van der Waals surface area contributed by atoms with Gasteiger partial charge in [0.05, 0.1) is 5.56 Å². The first-order valence-electron chi connectivity index (χ1n) is 7.27. The Hall–Kier alpha value is -1.34. The molecule has 0 aromatic carbocycles. The molecule has 1 unspecified atom stereocenters. The first kappa shape index (κ1) is 14.6.